The fourth-order valence-corrected chi connectivity index (χ4v) is 2.31. The molecule has 1 unspecified atom stereocenters. The number of nitrogens with one attached hydrogen (secondary N) is 1. The number of hydrogen-bond acceptors (Lipinski definition) is 3. The number of anilines is 1. The van der Waals surface area contributed by atoms with Gasteiger partial charge in [-0.25, -0.2) is 0 Å². The highest BCUT2D eigenvalue weighted by Gasteiger charge is 2.05. The molecule has 0 saturated heterocycles. The zero-order valence-electron chi connectivity index (χ0n) is 12.8. The highest BCUT2D eigenvalue weighted by molar-refractivity contribution is 5.41. The van der Waals surface area contributed by atoms with Gasteiger partial charge in [0.15, 0.2) is 0 Å². The van der Waals surface area contributed by atoms with E-state index in [1.165, 1.54) is 5.56 Å². The minimum atomic E-state index is 0.0332. The SMILES string of the molecule is CCn1cc(NC(C)Cc2ccc(OC)cc2)ccc1=O. The summed E-state index contributed by atoms with van der Waals surface area (Å²) in [6, 6.07) is 11.8. The molecule has 0 aliphatic rings. The lowest BCUT2D eigenvalue weighted by Gasteiger charge is -2.16. The minimum absolute atomic E-state index is 0.0332. The van der Waals surface area contributed by atoms with Crippen LogP contribution in [0.3, 0.4) is 0 Å². The van der Waals surface area contributed by atoms with Crippen molar-refractivity contribution in [2.45, 2.75) is 32.9 Å². The standard InChI is InChI=1S/C17H22N2O2/c1-4-19-12-15(7-10-17(19)20)18-13(2)11-14-5-8-16(21-3)9-6-14/h5-10,12-13,18H,4,11H2,1-3H3. The molecular formula is C17H22N2O2. The molecule has 1 N–H and O–H groups in total. The Kier molecular flexibility index (Phi) is 5.04. The third kappa shape index (κ3) is 4.12. The number of hydrogen-bond donors (Lipinski definition) is 1. The van der Waals surface area contributed by atoms with Crippen molar-refractivity contribution in [3.05, 3.63) is 58.5 Å². The number of aromatic nitrogens is 1. The summed E-state index contributed by atoms with van der Waals surface area (Å²) in [6.07, 6.45) is 2.78. The van der Waals surface area contributed by atoms with Gasteiger partial charge in [0, 0.05) is 24.8 Å². The normalized spacial score (nSPS) is 12.0. The maximum Gasteiger partial charge on any atom is 0.250 e. The van der Waals surface area contributed by atoms with Gasteiger partial charge in [0.25, 0.3) is 5.56 Å². The summed E-state index contributed by atoms with van der Waals surface area (Å²) in [5.74, 6) is 0.870. The Balaban J connectivity index is 2.00. The minimum Gasteiger partial charge on any atom is -0.497 e. The molecule has 2 rings (SSSR count). The average molecular weight is 286 g/mol. The Morgan fingerprint density at radius 1 is 1.19 bits per heavy atom. The van der Waals surface area contributed by atoms with E-state index in [-0.39, 0.29) is 11.6 Å². The predicted octanol–water partition coefficient (Wildman–Crippen LogP) is 2.92. The van der Waals surface area contributed by atoms with Crippen molar-refractivity contribution >= 4 is 5.69 Å². The van der Waals surface area contributed by atoms with Crippen molar-refractivity contribution in [3.63, 3.8) is 0 Å². The summed E-state index contributed by atoms with van der Waals surface area (Å²) in [4.78, 5) is 11.6. The number of rotatable bonds is 6. The quantitative estimate of drug-likeness (QED) is 0.888. The Morgan fingerprint density at radius 3 is 2.52 bits per heavy atom. The maximum absolute atomic E-state index is 11.6. The number of pyridine rings is 1. The van der Waals surface area contributed by atoms with Gasteiger partial charge in [-0.1, -0.05) is 12.1 Å². The maximum atomic E-state index is 11.6. The van der Waals surface area contributed by atoms with Crippen LogP contribution in [0, 0.1) is 0 Å². The van der Waals surface area contributed by atoms with Crippen LogP contribution >= 0.6 is 0 Å². The van der Waals surface area contributed by atoms with Crippen LogP contribution in [0.4, 0.5) is 5.69 Å². The molecule has 21 heavy (non-hydrogen) atoms. The highest BCUT2D eigenvalue weighted by atomic mass is 16.5. The first-order valence-corrected chi connectivity index (χ1v) is 7.22. The van der Waals surface area contributed by atoms with E-state index in [9.17, 15) is 4.79 Å². The lowest BCUT2D eigenvalue weighted by atomic mass is 10.1. The molecular weight excluding hydrogens is 264 g/mol. The van der Waals surface area contributed by atoms with Gasteiger partial charge in [-0.05, 0) is 44.0 Å². The lowest BCUT2D eigenvalue weighted by Crippen LogP contribution is -2.22. The second-order valence-electron chi connectivity index (χ2n) is 5.14. The summed E-state index contributed by atoms with van der Waals surface area (Å²) in [5.41, 5.74) is 2.25. The summed E-state index contributed by atoms with van der Waals surface area (Å²) in [6.45, 7) is 4.78. The monoisotopic (exact) mass is 286 g/mol. The van der Waals surface area contributed by atoms with Crippen LogP contribution < -0.4 is 15.6 Å². The fraction of sp³-hybridized carbons (Fsp3) is 0.353. The molecule has 112 valence electrons. The highest BCUT2D eigenvalue weighted by Crippen LogP contribution is 2.14. The van der Waals surface area contributed by atoms with Crippen molar-refractivity contribution in [1.82, 2.24) is 4.57 Å². The van der Waals surface area contributed by atoms with Gasteiger partial charge in [-0.2, -0.15) is 0 Å². The summed E-state index contributed by atoms with van der Waals surface area (Å²) >= 11 is 0. The largest absolute Gasteiger partial charge is 0.497 e. The molecule has 4 heteroatoms. The first-order chi connectivity index (χ1) is 10.1. The van der Waals surface area contributed by atoms with E-state index in [0.717, 1.165) is 17.9 Å². The molecule has 1 atom stereocenters. The van der Waals surface area contributed by atoms with Crippen LogP contribution in [0.25, 0.3) is 0 Å². The number of methoxy groups -OCH3 is 1. The molecule has 4 nitrogen and oxygen atoms in total. The van der Waals surface area contributed by atoms with Crippen molar-refractivity contribution in [2.24, 2.45) is 0 Å². The molecule has 1 heterocycles. The smallest absolute Gasteiger partial charge is 0.250 e. The average Bonchev–Trinajstić information content (AvgIpc) is 2.50. The van der Waals surface area contributed by atoms with E-state index in [1.807, 2.05) is 31.3 Å². The zero-order chi connectivity index (χ0) is 15.2. The van der Waals surface area contributed by atoms with Crippen molar-refractivity contribution in [3.8, 4) is 5.75 Å². The van der Waals surface area contributed by atoms with E-state index >= 15 is 0 Å². The van der Waals surface area contributed by atoms with E-state index < -0.39 is 0 Å². The zero-order valence-corrected chi connectivity index (χ0v) is 12.8. The first-order valence-electron chi connectivity index (χ1n) is 7.22. The molecule has 0 amide bonds. The number of nitrogens with zero attached hydrogens (tertiary/aromatic N) is 1. The van der Waals surface area contributed by atoms with Crippen LogP contribution in [0.2, 0.25) is 0 Å². The summed E-state index contributed by atoms with van der Waals surface area (Å²) in [7, 11) is 1.67. The first kappa shape index (κ1) is 15.2. The lowest BCUT2D eigenvalue weighted by molar-refractivity contribution is 0.414. The molecule has 0 fully saturated rings. The summed E-state index contributed by atoms with van der Waals surface area (Å²) in [5, 5.41) is 3.43. The van der Waals surface area contributed by atoms with Crippen LogP contribution in [0.15, 0.2) is 47.4 Å². The molecule has 0 saturated carbocycles. The molecule has 2 aromatic rings. The topological polar surface area (TPSA) is 43.3 Å². The number of ether oxygens (including phenoxy) is 1. The van der Waals surface area contributed by atoms with Crippen molar-refractivity contribution in [1.29, 1.82) is 0 Å². The molecule has 1 aromatic heterocycles. The van der Waals surface area contributed by atoms with Gasteiger partial charge in [0.05, 0.1) is 12.8 Å². The van der Waals surface area contributed by atoms with Crippen molar-refractivity contribution < 1.29 is 4.74 Å². The predicted molar refractivity (Wildman–Crippen MR) is 86.2 cm³/mol. The fourth-order valence-electron chi connectivity index (χ4n) is 2.31. The van der Waals surface area contributed by atoms with Crippen LogP contribution in [-0.4, -0.2) is 17.7 Å². The van der Waals surface area contributed by atoms with Crippen LogP contribution in [0.5, 0.6) is 5.75 Å². The van der Waals surface area contributed by atoms with Gasteiger partial charge in [0.1, 0.15) is 5.75 Å². The van der Waals surface area contributed by atoms with Gasteiger partial charge < -0.3 is 14.6 Å². The Bertz CT molecular complexity index is 632. The van der Waals surface area contributed by atoms with Gasteiger partial charge in [0.2, 0.25) is 0 Å². The van der Waals surface area contributed by atoms with E-state index in [1.54, 1.807) is 17.7 Å². The van der Waals surface area contributed by atoms with E-state index in [0.29, 0.717) is 6.54 Å². The molecule has 0 aliphatic carbocycles. The van der Waals surface area contributed by atoms with Crippen LogP contribution in [0.1, 0.15) is 19.4 Å². The summed E-state index contributed by atoms with van der Waals surface area (Å²) < 4.78 is 6.86. The Morgan fingerprint density at radius 2 is 1.90 bits per heavy atom. The number of aryl methyl sites for hydroxylation is 1. The Hall–Kier alpha value is -2.23. The molecule has 0 spiro atoms. The van der Waals surface area contributed by atoms with E-state index in [2.05, 4.69) is 24.4 Å². The van der Waals surface area contributed by atoms with E-state index in [4.69, 9.17) is 4.74 Å². The van der Waals surface area contributed by atoms with Gasteiger partial charge >= 0.3 is 0 Å². The molecule has 0 bridgehead atoms. The molecule has 0 radical (unpaired) electrons. The Labute approximate surface area is 125 Å². The molecule has 1 aromatic carbocycles. The second kappa shape index (κ2) is 6.97. The van der Waals surface area contributed by atoms with Gasteiger partial charge in [-0.3, -0.25) is 4.79 Å². The third-order valence-corrected chi connectivity index (χ3v) is 3.44. The number of benzene rings is 1. The molecule has 0 aliphatic heterocycles. The van der Waals surface area contributed by atoms with Crippen molar-refractivity contribution in [2.75, 3.05) is 12.4 Å². The van der Waals surface area contributed by atoms with Gasteiger partial charge in [-0.15, -0.1) is 0 Å². The second-order valence-corrected chi connectivity index (χ2v) is 5.14. The third-order valence-electron chi connectivity index (χ3n) is 3.44. The van der Waals surface area contributed by atoms with Crippen LogP contribution in [-0.2, 0) is 13.0 Å².